The molecule has 0 aliphatic heterocycles. The Kier molecular flexibility index (Phi) is 6.82. The van der Waals surface area contributed by atoms with Crippen molar-refractivity contribution in [3.05, 3.63) is 71.1 Å². The number of anilines is 1. The molecular formula is C20H16F5N3O5S. The summed E-state index contributed by atoms with van der Waals surface area (Å²) in [7, 11) is -3.93. The van der Waals surface area contributed by atoms with Crippen molar-refractivity contribution < 1.29 is 44.3 Å². The molecule has 0 saturated heterocycles. The number of nitrogens with one attached hydrogen (secondary N) is 2. The Labute approximate surface area is 189 Å². The fourth-order valence-corrected chi connectivity index (χ4v) is 3.29. The molecule has 0 spiro atoms. The van der Waals surface area contributed by atoms with Crippen LogP contribution in [0.3, 0.4) is 0 Å². The number of nitrogens with zero attached hydrogens (tertiary/aromatic N) is 1. The predicted molar refractivity (Wildman–Crippen MR) is 109 cm³/mol. The molecule has 0 unspecified atom stereocenters. The minimum Gasteiger partial charge on any atom is -0.416 e. The molecule has 8 nitrogen and oxygen atoms in total. The van der Waals surface area contributed by atoms with E-state index in [0.717, 1.165) is 42.9 Å². The first-order valence-electron chi connectivity index (χ1n) is 9.31. The van der Waals surface area contributed by atoms with Crippen molar-refractivity contribution in [2.24, 2.45) is 0 Å². The van der Waals surface area contributed by atoms with Crippen LogP contribution in [-0.4, -0.2) is 25.6 Å². The normalized spacial score (nSPS) is 12.8. The van der Waals surface area contributed by atoms with Gasteiger partial charge in [-0.15, -0.1) is 0 Å². The van der Waals surface area contributed by atoms with Gasteiger partial charge in [0.25, 0.3) is 5.91 Å². The maximum Gasteiger partial charge on any atom is 0.416 e. The smallest absolute Gasteiger partial charge is 0.416 e. The number of sulfonamides is 1. The minimum atomic E-state index is -4.59. The van der Waals surface area contributed by atoms with Gasteiger partial charge >= 0.3 is 12.3 Å². The first kappa shape index (κ1) is 25.0. The van der Waals surface area contributed by atoms with E-state index in [-0.39, 0.29) is 17.0 Å². The number of amides is 1. The number of benzene rings is 2. The Morgan fingerprint density at radius 1 is 1.15 bits per heavy atom. The van der Waals surface area contributed by atoms with Crippen molar-refractivity contribution in [2.45, 2.75) is 19.1 Å². The number of oxazole rings is 1. The van der Waals surface area contributed by atoms with Crippen LogP contribution in [0.5, 0.6) is 11.8 Å². The lowest BCUT2D eigenvalue weighted by atomic mass is 10.1. The van der Waals surface area contributed by atoms with Gasteiger partial charge in [0, 0.05) is 0 Å². The Bertz CT molecular complexity index is 1300. The number of hydrogen-bond donors (Lipinski definition) is 2. The molecule has 2 aromatic carbocycles. The molecule has 3 rings (SSSR count). The highest BCUT2D eigenvalue weighted by Gasteiger charge is 2.31. The van der Waals surface area contributed by atoms with Gasteiger partial charge in [0.15, 0.2) is 17.3 Å². The van der Waals surface area contributed by atoms with Crippen LogP contribution in [0, 0.1) is 11.6 Å². The van der Waals surface area contributed by atoms with Crippen molar-refractivity contribution in [3.8, 4) is 11.8 Å². The summed E-state index contributed by atoms with van der Waals surface area (Å²) in [6.07, 6.45) is -3.49. The largest absolute Gasteiger partial charge is 0.416 e. The molecule has 2 N–H and O–H groups in total. The fraction of sp³-hybridized carbons (Fsp3) is 0.200. The van der Waals surface area contributed by atoms with Crippen molar-refractivity contribution in [2.75, 3.05) is 11.0 Å². The van der Waals surface area contributed by atoms with Gasteiger partial charge in [0.2, 0.25) is 10.0 Å². The van der Waals surface area contributed by atoms with Gasteiger partial charge in [-0.2, -0.15) is 18.2 Å². The zero-order valence-electron chi connectivity index (χ0n) is 17.4. The average molecular weight is 505 g/mol. The lowest BCUT2D eigenvalue weighted by molar-refractivity contribution is -0.137. The van der Waals surface area contributed by atoms with E-state index in [1.165, 1.54) is 13.0 Å². The summed E-state index contributed by atoms with van der Waals surface area (Å²) in [4.78, 5) is 16.1. The molecule has 0 fully saturated rings. The van der Waals surface area contributed by atoms with Crippen LogP contribution in [0.4, 0.5) is 27.6 Å². The average Bonchev–Trinajstić information content (AvgIpc) is 3.18. The lowest BCUT2D eigenvalue weighted by Crippen LogP contribution is -2.27. The highest BCUT2D eigenvalue weighted by molar-refractivity contribution is 7.92. The maximum absolute atomic E-state index is 14.2. The molecule has 0 aliphatic rings. The molecule has 14 heteroatoms. The predicted octanol–water partition coefficient (Wildman–Crippen LogP) is 4.63. The first-order valence-corrected chi connectivity index (χ1v) is 11.2. The van der Waals surface area contributed by atoms with Gasteiger partial charge in [0.1, 0.15) is 17.7 Å². The number of halogens is 5. The molecule has 1 amide bonds. The van der Waals surface area contributed by atoms with E-state index in [1.54, 1.807) is 4.72 Å². The molecule has 182 valence electrons. The van der Waals surface area contributed by atoms with Gasteiger partial charge < -0.3 is 14.5 Å². The second-order valence-corrected chi connectivity index (χ2v) is 8.80. The molecule has 0 bridgehead atoms. The van der Waals surface area contributed by atoms with Crippen LogP contribution in [-0.2, 0) is 16.2 Å². The molecule has 1 aromatic heterocycles. The van der Waals surface area contributed by atoms with Crippen LogP contribution in [0.15, 0.2) is 47.1 Å². The summed E-state index contributed by atoms with van der Waals surface area (Å²) < 4.78 is 101. The van der Waals surface area contributed by atoms with Gasteiger partial charge in [-0.05, 0) is 42.8 Å². The summed E-state index contributed by atoms with van der Waals surface area (Å²) in [6, 6.07) is 4.64. The molecule has 34 heavy (non-hydrogen) atoms. The van der Waals surface area contributed by atoms with Crippen molar-refractivity contribution in [1.29, 1.82) is 0 Å². The molecular weight excluding hydrogens is 489 g/mol. The zero-order chi connectivity index (χ0) is 25.3. The quantitative estimate of drug-likeness (QED) is 0.453. The summed E-state index contributed by atoms with van der Waals surface area (Å²) in [5, 5.41) is 2.40. The molecule has 0 radical (unpaired) electrons. The number of alkyl halides is 3. The summed E-state index contributed by atoms with van der Waals surface area (Å²) in [5.74, 6) is -3.46. The van der Waals surface area contributed by atoms with Gasteiger partial charge in [0.05, 0.1) is 17.9 Å². The first-order chi connectivity index (χ1) is 15.7. The third kappa shape index (κ3) is 6.21. The summed E-state index contributed by atoms with van der Waals surface area (Å²) in [5.41, 5.74) is -2.16. The number of aromatic nitrogens is 1. The minimum absolute atomic E-state index is 0.0219. The van der Waals surface area contributed by atoms with E-state index in [9.17, 15) is 35.2 Å². The Morgan fingerprint density at radius 3 is 2.38 bits per heavy atom. The van der Waals surface area contributed by atoms with Crippen molar-refractivity contribution in [3.63, 3.8) is 0 Å². The number of rotatable bonds is 7. The van der Waals surface area contributed by atoms with Crippen LogP contribution in [0.2, 0.25) is 0 Å². The van der Waals surface area contributed by atoms with Gasteiger partial charge in [-0.1, -0.05) is 6.07 Å². The SMILES string of the molecule is C[C@@H](NC(=O)c1coc(Oc2cccc(C(F)(F)F)c2)n1)c1cc(F)c(NS(C)(=O)=O)c(F)c1. The fourth-order valence-electron chi connectivity index (χ4n) is 2.72. The molecule has 3 aromatic rings. The number of hydrogen-bond acceptors (Lipinski definition) is 6. The Morgan fingerprint density at radius 2 is 1.79 bits per heavy atom. The third-order valence-corrected chi connectivity index (χ3v) is 4.86. The van der Waals surface area contributed by atoms with E-state index in [0.29, 0.717) is 0 Å². The maximum atomic E-state index is 14.2. The third-order valence-electron chi connectivity index (χ3n) is 4.28. The second-order valence-electron chi connectivity index (χ2n) is 7.06. The number of carbonyl (C=O) groups is 1. The van der Waals surface area contributed by atoms with E-state index in [1.807, 2.05) is 0 Å². The topological polar surface area (TPSA) is 111 Å². The standard InChI is InChI=1S/C20H16F5N3O5S/c1-10(11-6-14(21)17(15(22)7-11)28-34(2,30)31)26-18(29)16-9-32-19(27-16)33-13-5-3-4-12(8-13)20(23,24)25/h3-10,28H,1-2H3,(H,26,29)/t10-/m1/s1. The number of ether oxygens (including phenoxy) is 1. The second kappa shape index (κ2) is 9.29. The van der Waals surface area contributed by atoms with Crippen LogP contribution < -0.4 is 14.8 Å². The number of carbonyl (C=O) groups excluding carboxylic acids is 1. The van der Waals surface area contributed by atoms with Gasteiger partial charge in [-0.25, -0.2) is 17.2 Å². The van der Waals surface area contributed by atoms with E-state index in [4.69, 9.17) is 9.15 Å². The van der Waals surface area contributed by atoms with E-state index in [2.05, 4.69) is 10.3 Å². The Balaban J connectivity index is 1.70. The van der Waals surface area contributed by atoms with Crippen molar-refractivity contribution in [1.82, 2.24) is 10.3 Å². The van der Waals surface area contributed by atoms with Gasteiger partial charge in [-0.3, -0.25) is 9.52 Å². The molecule has 1 atom stereocenters. The van der Waals surface area contributed by atoms with Crippen LogP contribution in [0.25, 0.3) is 0 Å². The summed E-state index contributed by atoms with van der Waals surface area (Å²) >= 11 is 0. The lowest BCUT2D eigenvalue weighted by Gasteiger charge is -2.15. The monoisotopic (exact) mass is 505 g/mol. The van der Waals surface area contributed by atoms with E-state index < -0.39 is 57.1 Å². The Hall–Kier alpha value is -3.68. The zero-order valence-corrected chi connectivity index (χ0v) is 18.2. The highest BCUT2D eigenvalue weighted by atomic mass is 32.2. The van der Waals surface area contributed by atoms with Crippen molar-refractivity contribution >= 4 is 21.6 Å². The highest BCUT2D eigenvalue weighted by Crippen LogP contribution is 2.32. The van der Waals surface area contributed by atoms with E-state index >= 15 is 0 Å². The van der Waals surface area contributed by atoms with Crippen LogP contribution in [0.1, 0.15) is 34.6 Å². The summed E-state index contributed by atoms with van der Waals surface area (Å²) in [6.45, 7) is 1.40. The molecule has 0 aliphatic carbocycles. The molecule has 1 heterocycles. The molecule has 0 saturated carbocycles. The van der Waals surface area contributed by atoms with Crippen LogP contribution >= 0.6 is 0 Å².